The van der Waals surface area contributed by atoms with E-state index in [1.165, 1.54) is 0 Å². The second kappa shape index (κ2) is 5.05. The highest BCUT2D eigenvalue weighted by atomic mass is 16.3. The molecule has 1 aromatic heterocycles. The second-order valence-corrected chi connectivity index (χ2v) is 5.17. The number of aliphatic hydroxyl groups is 1. The number of benzene rings is 1. The molecule has 0 aliphatic rings. The van der Waals surface area contributed by atoms with E-state index in [9.17, 15) is 9.90 Å². The summed E-state index contributed by atoms with van der Waals surface area (Å²) in [6, 6.07) is 9.34. The molecule has 4 nitrogen and oxygen atoms in total. The largest absolute Gasteiger partial charge is 0.394 e. The average molecular weight is 260 g/mol. The fraction of sp³-hybridized carbons (Fsp3) is 0.400. The van der Waals surface area contributed by atoms with Crippen LogP contribution in [0.2, 0.25) is 0 Å². The molecule has 1 aromatic carbocycles. The van der Waals surface area contributed by atoms with Gasteiger partial charge in [-0.25, -0.2) is 0 Å². The number of aromatic nitrogens is 1. The molecule has 0 saturated heterocycles. The van der Waals surface area contributed by atoms with Crippen LogP contribution in [0.5, 0.6) is 0 Å². The maximum atomic E-state index is 12.0. The molecule has 1 atom stereocenters. The van der Waals surface area contributed by atoms with E-state index in [0.29, 0.717) is 0 Å². The molecule has 0 fully saturated rings. The third-order valence-electron chi connectivity index (χ3n) is 3.72. The fourth-order valence-electron chi connectivity index (χ4n) is 2.08. The first-order valence-electron chi connectivity index (χ1n) is 6.48. The van der Waals surface area contributed by atoms with Gasteiger partial charge in [-0.1, -0.05) is 25.1 Å². The van der Waals surface area contributed by atoms with Gasteiger partial charge in [0, 0.05) is 24.2 Å². The number of hydrogen-bond acceptors (Lipinski definition) is 3. The van der Waals surface area contributed by atoms with Crippen LogP contribution in [0.1, 0.15) is 20.3 Å². The van der Waals surface area contributed by atoms with E-state index in [1.807, 2.05) is 38.1 Å². The lowest BCUT2D eigenvalue weighted by Crippen LogP contribution is -2.38. The number of rotatable bonds is 4. The topological polar surface area (TPSA) is 54.3 Å². The van der Waals surface area contributed by atoms with Gasteiger partial charge in [-0.05, 0) is 19.4 Å². The van der Waals surface area contributed by atoms with Crippen molar-refractivity contribution < 1.29 is 5.11 Å². The highest BCUT2D eigenvalue weighted by Crippen LogP contribution is 2.25. The van der Waals surface area contributed by atoms with Crippen LogP contribution in [0.25, 0.3) is 10.9 Å². The summed E-state index contributed by atoms with van der Waals surface area (Å²) >= 11 is 0. The van der Waals surface area contributed by atoms with Crippen LogP contribution in [0, 0.1) is 0 Å². The summed E-state index contributed by atoms with van der Waals surface area (Å²) in [4.78, 5) is 12.0. The number of para-hydroxylation sites is 1. The Morgan fingerprint density at radius 1 is 1.37 bits per heavy atom. The lowest BCUT2D eigenvalue weighted by molar-refractivity contribution is 0.219. The van der Waals surface area contributed by atoms with Crippen LogP contribution in [0.4, 0.5) is 5.69 Å². The highest BCUT2D eigenvalue weighted by Gasteiger charge is 2.21. The molecular formula is C15H20N2O2. The van der Waals surface area contributed by atoms with Crippen molar-refractivity contribution >= 4 is 16.6 Å². The zero-order chi connectivity index (χ0) is 14.0. The highest BCUT2D eigenvalue weighted by molar-refractivity contribution is 5.91. The van der Waals surface area contributed by atoms with Crippen molar-refractivity contribution in [1.29, 1.82) is 0 Å². The van der Waals surface area contributed by atoms with Gasteiger partial charge in [-0.15, -0.1) is 0 Å². The number of nitrogens with zero attached hydrogens (tertiary/aromatic N) is 1. The molecule has 19 heavy (non-hydrogen) atoms. The predicted octanol–water partition coefficient (Wildman–Crippen LogP) is 2.11. The Kier molecular flexibility index (Phi) is 3.62. The van der Waals surface area contributed by atoms with Crippen LogP contribution in [-0.2, 0) is 7.05 Å². The molecule has 0 aliphatic carbocycles. The van der Waals surface area contributed by atoms with Crippen molar-refractivity contribution in [2.45, 2.75) is 25.8 Å². The number of hydrogen-bond donors (Lipinski definition) is 2. The molecule has 1 unspecified atom stereocenters. The van der Waals surface area contributed by atoms with Crippen LogP contribution in [-0.4, -0.2) is 21.8 Å². The van der Waals surface area contributed by atoms with Gasteiger partial charge in [-0.3, -0.25) is 4.79 Å². The maximum absolute atomic E-state index is 12.0. The number of aliphatic hydroxyl groups excluding tert-OH is 1. The van der Waals surface area contributed by atoms with E-state index in [-0.39, 0.29) is 12.2 Å². The van der Waals surface area contributed by atoms with Crippen molar-refractivity contribution in [3.63, 3.8) is 0 Å². The second-order valence-electron chi connectivity index (χ2n) is 5.17. The Bertz CT molecular complexity index is 642. The van der Waals surface area contributed by atoms with E-state index >= 15 is 0 Å². The number of fused-ring (bicyclic) bond motifs is 1. The van der Waals surface area contributed by atoms with Gasteiger partial charge in [0.05, 0.1) is 17.7 Å². The van der Waals surface area contributed by atoms with Gasteiger partial charge in [0.25, 0.3) is 5.56 Å². The minimum atomic E-state index is -0.421. The molecule has 0 saturated carbocycles. The van der Waals surface area contributed by atoms with Crippen molar-refractivity contribution in [2.24, 2.45) is 7.05 Å². The summed E-state index contributed by atoms with van der Waals surface area (Å²) in [5.41, 5.74) is 1.18. The van der Waals surface area contributed by atoms with Crippen molar-refractivity contribution in [2.75, 3.05) is 11.9 Å². The minimum Gasteiger partial charge on any atom is -0.394 e. The molecule has 0 radical (unpaired) electrons. The van der Waals surface area contributed by atoms with Crippen molar-refractivity contribution in [3.8, 4) is 0 Å². The smallest absolute Gasteiger partial charge is 0.252 e. The average Bonchev–Trinajstić information content (AvgIpc) is 2.44. The number of aryl methyl sites for hydroxylation is 1. The first kappa shape index (κ1) is 13.6. The van der Waals surface area contributed by atoms with Crippen LogP contribution >= 0.6 is 0 Å². The lowest BCUT2D eigenvalue weighted by Gasteiger charge is -2.29. The molecule has 0 aliphatic heterocycles. The molecular weight excluding hydrogens is 240 g/mol. The van der Waals surface area contributed by atoms with E-state index in [2.05, 4.69) is 5.32 Å². The minimum absolute atomic E-state index is 0.0209. The molecule has 0 bridgehead atoms. The molecule has 2 N–H and O–H groups in total. The Hall–Kier alpha value is -1.81. The monoisotopic (exact) mass is 260 g/mol. The fourth-order valence-corrected chi connectivity index (χ4v) is 2.08. The third-order valence-corrected chi connectivity index (χ3v) is 3.72. The molecule has 4 heteroatoms. The first-order valence-corrected chi connectivity index (χ1v) is 6.48. The van der Waals surface area contributed by atoms with Gasteiger partial charge in [0.15, 0.2) is 0 Å². The van der Waals surface area contributed by atoms with Gasteiger partial charge in [0.2, 0.25) is 0 Å². The molecule has 2 rings (SSSR count). The molecule has 0 spiro atoms. The summed E-state index contributed by atoms with van der Waals surface area (Å²) < 4.78 is 1.63. The van der Waals surface area contributed by atoms with Crippen molar-refractivity contribution in [3.05, 3.63) is 40.7 Å². The Morgan fingerprint density at radius 2 is 2.05 bits per heavy atom. The molecule has 102 valence electrons. The summed E-state index contributed by atoms with van der Waals surface area (Å²) in [5, 5.41) is 13.8. The number of nitrogens with one attached hydrogen (secondary N) is 1. The number of anilines is 1. The van der Waals surface area contributed by atoms with Gasteiger partial charge >= 0.3 is 0 Å². The van der Waals surface area contributed by atoms with E-state index in [0.717, 1.165) is 23.0 Å². The maximum Gasteiger partial charge on any atom is 0.252 e. The standard InChI is InChI=1S/C15H20N2O2/c1-4-15(2,10-18)16-12-9-14(19)17(3)13-8-6-5-7-11(12)13/h5-9,16,18H,4,10H2,1-3H3. The number of pyridine rings is 1. The Balaban J connectivity index is 2.61. The lowest BCUT2D eigenvalue weighted by atomic mass is 9.99. The zero-order valence-electron chi connectivity index (χ0n) is 11.6. The van der Waals surface area contributed by atoms with Gasteiger partial charge < -0.3 is 15.0 Å². The van der Waals surface area contributed by atoms with Crippen LogP contribution < -0.4 is 10.9 Å². The summed E-state index contributed by atoms with van der Waals surface area (Å²) in [5.74, 6) is 0. The third kappa shape index (κ3) is 2.49. The van der Waals surface area contributed by atoms with Crippen molar-refractivity contribution in [1.82, 2.24) is 4.57 Å². The van der Waals surface area contributed by atoms with Crippen LogP contribution in [0.3, 0.4) is 0 Å². The van der Waals surface area contributed by atoms with E-state index in [4.69, 9.17) is 0 Å². The van der Waals surface area contributed by atoms with Gasteiger partial charge in [-0.2, -0.15) is 0 Å². The van der Waals surface area contributed by atoms with E-state index in [1.54, 1.807) is 17.7 Å². The van der Waals surface area contributed by atoms with Crippen LogP contribution in [0.15, 0.2) is 35.1 Å². The van der Waals surface area contributed by atoms with Gasteiger partial charge in [0.1, 0.15) is 0 Å². The molecule has 1 heterocycles. The predicted molar refractivity (Wildman–Crippen MR) is 78.6 cm³/mol. The normalized spacial score (nSPS) is 14.3. The van der Waals surface area contributed by atoms with E-state index < -0.39 is 5.54 Å². The SMILES string of the molecule is CCC(C)(CO)Nc1cc(=O)n(C)c2ccccc12. The zero-order valence-corrected chi connectivity index (χ0v) is 11.6. The first-order chi connectivity index (χ1) is 9.00. The summed E-state index contributed by atoms with van der Waals surface area (Å²) in [7, 11) is 1.76. The quantitative estimate of drug-likeness (QED) is 0.885. The molecule has 2 aromatic rings. The summed E-state index contributed by atoms with van der Waals surface area (Å²) in [6.07, 6.45) is 0.771. The molecule has 0 amide bonds. The summed E-state index contributed by atoms with van der Waals surface area (Å²) in [6.45, 7) is 3.97. The Morgan fingerprint density at radius 3 is 2.68 bits per heavy atom. The Labute approximate surface area is 112 Å².